The molecule has 1 saturated carbocycles. The van der Waals surface area contributed by atoms with E-state index in [9.17, 15) is 0 Å². The third kappa shape index (κ3) is 2.50. The molecule has 0 saturated heterocycles. The molecule has 1 aliphatic carbocycles. The summed E-state index contributed by atoms with van der Waals surface area (Å²) in [6.45, 7) is 0.845. The largest absolute Gasteiger partial charge is 0.493 e. The molecule has 0 heterocycles. The van der Waals surface area contributed by atoms with Gasteiger partial charge in [0.2, 0.25) is 0 Å². The van der Waals surface area contributed by atoms with Crippen LogP contribution in [-0.4, -0.2) is 6.61 Å². The zero-order valence-electron chi connectivity index (χ0n) is 8.07. The number of nitrogens with zero attached hydrogens (tertiary/aromatic N) is 1. The highest BCUT2D eigenvalue weighted by molar-refractivity contribution is 5.28. The first-order valence-corrected chi connectivity index (χ1v) is 4.97. The lowest BCUT2D eigenvalue weighted by Gasteiger charge is -2.04. The summed E-state index contributed by atoms with van der Waals surface area (Å²) in [7, 11) is 0. The van der Waals surface area contributed by atoms with Gasteiger partial charge in [-0.15, -0.1) is 0 Å². The van der Waals surface area contributed by atoms with Crippen molar-refractivity contribution in [3.05, 3.63) is 29.8 Å². The van der Waals surface area contributed by atoms with Crippen molar-refractivity contribution in [2.45, 2.75) is 19.3 Å². The minimum Gasteiger partial charge on any atom is -0.493 e. The molecule has 0 unspecified atom stereocenters. The molecule has 1 fully saturated rings. The Bertz CT molecular complexity index is 332. The summed E-state index contributed by atoms with van der Waals surface area (Å²) in [6.07, 6.45) is 3.10. The van der Waals surface area contributed by atoms with Crippen LogP contribution in [0.3, 0.4) is 0 Å². The third-order valence-electron chi connectivity index (χ3n) is 2.39. The van der Waals surface area contributed by atoms with E-state index < -0.39 is 0 Å². The molecule has 0 amide bonds. The van der Waals surface area contributed by atoms with E-state index in [1.54, 1.807) is 0 Å². The van der Waals surface area contributed by atoms with E-state index in [1.807, 2.05) is 24.3 Å². The maximum Gasteiger partial charge on any atom is 0.119 e. The van der Waals surface area contributed by atoms with Crippen LogP contribution in [0.2, 0.25) is 0 Å². The van der Waals surface area contributed by atoms with Gasteiger partial charge < -0.3 is 4.74 Å². The quantitative estimate of drug-likeness (QED) is 0.725. The first-order chi connectivity index (χ1) is 6.88. The number of hydrogen-bond donors (Lipinski definition) is 0. The van der Waals surface area contributed by atoms with Crippen molar-refractivity contribution in [2.75, 3.05) is 6.61 Å². The Hall–Kier alpha value is -1.49. The molecule has 0 bridgehead atoms. The van der Waals surface area contributed by atoms with Crippen LogP contribution in [0.4, 0.5) is 0 Å². The van der Waals surface area contributed by atoms with Gasteiger partial charge in [0.05, 0.1) is 19.1 Å². The van der Waals surface area contributed by atoms with Crippen molar-refractivity contribution in [2.24, 2.45) is 5.92 Å². The zero-order valence-corrected chi connectivity index (χ0v) is 8.07. The second-order valence-corrected chi connectivity index (χ2v) is 3.73. The Labute approximate surface area is 84.1 Å². The summed E-state index contributed by atoms with van der Waals surface area (Å²) < 4.78 is 5.58. The van der Waals surface area contributed by atoms with Crippen LogP contribution in [0.1, 0.15) is 18.4 Å². The lowest BCUT2D eigenvalue weighted by atomic mass is 10.2. The molecule has 0 N–H and O–H groups in total. The Morgan fingerprint density at radius 3 is 2.57 bits per heavy atom. The Morgan fingerprint density at radius 2 is 2.00 bits per heavy atom. The van der Waals surface area contributed by atoms with Gasteiger partial charge in [-0.3, -0.25) is 0 Å². The molecule has 2 nitrogen and oxygen atoms in total. The molecule has 0 aliphatic heterocycles. The highest BCUT2D eigenvalue weighted by Crippen LogP contribution is 2.29. The monoisotopic (exact) mass is 187 g/mol. The minimum atomic E-state index is 0.475. The standard InChI is InChI=1S/C12H13NO/c13-8-7-10-3-5-12(6-4-10)14-9-11-1-2-11/h3-6,11H,1-2,7,9H2. The Morgan fingerprint density at radius 1 is 1.29 bits per heavy atom. The van der Waals surface area contributed by atoms with Crippen LogP contribution in [0.15, 0.2) is 24.3 Å². The van der Waals surface area contributed by atoms with Gasteiger partial charge in [-0.1, -0.05) is 12.1 Å². The highest BCUT2D eigenvalue weighted by atomic mass is 16.5. The predicted molar refractivity (Wildman–Crippen MR) is 54.0 cm³/mol. The average molecular weight is 187 g/mol. The fourth-order valence-corrected chi connectivity index (χ4v) is 1.29. The number of hydrogen-bond acceptors (Lipinski definition) is 2. The van der Waals surface area contributed by atoms with Gasteiger partial charge in [-0.2, -0.15) is 5.26 Å². The molecule has 0 aromatic heterocycles. The topological polar surface area (TPSA) is 33.0 Å². The lowest BCUT2D eigenvalue weighted by Crippen LogP contribution is -1.98. The number of rotatable bonds is 4. The normalized spacial score (nSPS) is 14.8. The van der Waals surface area contributed by atoms with E-state index in [0.29, 0.717) is 6.42 Å². The van der Waals surface area contributed by atoms with Crippen molar-refractivity contribution in [3.8, 4) is 11.8 Å². The highest BCUT2D eigenvalue weighted by Gasteiger charge is 2.21. The van der Waals surface area contributed by atoms with Gasteiger partial charge in [0.25, 0.3) is 0 Å². The molecule has 0 atom stereocenters. The first kappa shape index (κ1) is 9.08. The fraction of sp³-hybridized carbons (Fsp3) is 0.417. The van der Waals surface area contributed by atoms with E-state index in [0.717, 1.165) is 23.8 Å². The summed E-state index contributed by atoms with van der Waals surface area (Å²) in [5, 5.41) is 8.49. The molecule has 72 valence electrons. The van der Waals surface area contributed by atoms with E-state index in [2.05, 4.69) is 6.07 Å². The van der Waals surface area contributed by atoms with Gasteiger partial charge in [-0.25, -0.2) is 0 Å². The van der Waals surface area contributed by atoms with Crippen molar-refractivity contribution in [1.82, 2.24) is 0 Å². The second kappa shape index (κ2) is 4.15. The molecule has 0 spiro atoms. The van der Waals surface area contributed by atoms with Crippen LogP contribution >= 0.6 is 0 Å². The van der Waals surface area contributed by atoms with Gasteiger partial charge in [0.1, 0.15) is 5.75 Å². The van der Waals surface area contributed by atoms with E-state index in [-0.39, 0.29) is 0 Å². The predicted octanol–water partition coefficient (Wildman–Crippen LogP) is 2.54. The molecular weight excluding hydrogens is 174 g/mol. The van der Waals surface area contributed by atoms with Crippen molar-refractivity contribution in [3.63, 3.8) is 0 Å². The summed E-state index contributed by atoms with van der Waals surface area (Å²) in [6, 6.07) is 9.90. The number of ether oxygens (including phenoxy) is 1. The summed E-state index contributed by atoms with van der Waals surface area (Å²) in [5.74, 6) is 1.70. The molecule has 0 radical (unpaired) electrons. The molecule has 1 aromatic rings. The summed E-state index contributed by atoms with van der Waals surface area (Å²) in [5.41, 5.74) is 1.05. The van der Waals surface area contributed by atoms with Gasteiger partial charge in [0, 0.05) is 0 Å². The van der Waals surface area contributed by atoms with E-state index in [4.69, 9.17) is 10.00 Å². The maximum absolute atomic E-state index is 8.49. The zero-order chi connectivity index (χ0) is 9.80. The van der Waals surface area contributed by atoms with Gasteiger partial charge in [-0.05, 0) is 36.5 Å². The van der Waals surface area contributed by atoms with E-state index in [1.165, 1.54) is 12.8 Å². The Kier molecular flexibility index (Phi) is 2.69. The summed E-state index contributed by atoms with van der Waals surface area (Å²) in [4.78, 5) is 0. The van der Waals surface area contributed by atoms with Crippen LogP contribution in [0.25, 0.3) is 0 Å². The van der Waals surface area contributed by atoms with E-state index >= 15 is 0 Å². The van der Waals surface area contributed by atoms with Crippen molar-refractivity contribution in [1.29, 1.82) is 5.26 Å². The van der Waals surface area contributed by atoms with Crippen LogP contribution < -0.4 is 4.74 Å². The summed E-state index contributed by atoms with van der Waals surface area (Å²) >= 11 is 0. The third-order valence-corrected chi connectivity index (χ3v) is 2.39. The molecular formula is C12H13NO. The number of nitriles is 1. The molecule has 2 rings (SSSR count). The van der Waals surface area contributed by atoms with Crippen LogP contribution in [0, 0.1) is 17.2 Å². The van der Waals surface area contributed by atoms with Gasteiger partial charge in [0.15, 0.2) is 0 Å². The average Bonchev–Trinajstić information content (AvgIpc) is 3.01. The Balaban J connectivity index is 1.88. The number of benzene rings is 1. The smallest absolute Gasteiger partial charge is 0.119 e. The van der Waals surface area contributed by atoms with Crippen LogP contribution in [0.5, 0.6) is 5.75 Å². The minimum absolute atomic E-state index is 0.475. The SMILES string of the molecule is N#CCc1ccc(OCC2CC2)cc1. The lowest BCUT2D eigenvalue weighted by molar-refractivity contribution is 0.299. The maximum atomic E-state index is 8.49. The first-order valence-electron chi connectivity index (χ1n) is 4.97. The fourth-order valence-electron chi connectivity index (χ4n) is 1.29. The van der Waals surface area contributed by atoms with Crippen LogP contribution in [-0.2, 0) is 6.42 Å². The second-order valence-electron chi connectivity index (χ2n) is 3.73. The van der Waals surface area contributed by atoms with Crippen molar-refractivity contribution < 1.29 is 4.74 Å². The molecule has 14 heavy (non-hydrogen) atoms. The molecule has 2 heteroatoms. The van der Waals surface area contributed by atoms with Crippen molar-refractivity contribution >= 4 is 0 Å². The molecule has 1 aromatic carbocycles. The van der Waals surface area contributed by atoms with Gasteiger partial charge >= 0.3 is 0 Å². The molecule has 1 aliphatic rings.